The van der Waals surface area contributed by atoms with Crippen molar-refractivity contribution in [1.82, 2.24) is 5.32 Å². The Morgan fingerprint density at radius 1 is 1.16 bits per heavy atom. The van der Waals surface area contributed by atoms with Crippen LogP contribution in [0.2, 0.25) is 0 Å². The topological polar surface area (TPSA) is 56.8 Å². The highest BCUT2D eigenvalue weighted by Gasteiger charge is 2.29. The van der Waals surface area contributed by atoms with Crippen LogP contribution in [0.1, 0.15) is 23.2 Å². The number of rotatable bonds is 5. The maximum absolute atomic E-state index is 12.5. The van der Waals surface area contributed by atoms with Crippen molar-refractivity contribution in [2.45, 2.75) is 18.9 Å². The fourth-order valence-corrected chi connectivity index (χ4v) is 2.33. The van der Waals surface area contributed by atoms with Crippen LogP contribution in [-0.4, -0.2) is 39.7 Å². The Morgan fingerprint density at radius 3 is 2.21 bits per heavy atom. The number of Topliss-reactive ketones (excluding diaryl/α,β-unsaturated/α-hetero) is 1. The predicted molar refractivity (Wildman–Crippen MR) is 71.5 cm³/mol. The highest BCUT2D eigenvalue weighted by atomic mass is 16.5. The molecule has 1 aromatic rings. The fourth-order valence-electron chi connectivity index (χ4n) is 2.33. The van der Waals surface area contributed by atoms with Gasteiger partial charge in [-0.15, -0.1) is 0 Å². The number of hydrogen-bond donors (Lipinski definition) is 1. The summed E-state index contributed by atoms with van der Waals surface area (Å²) in [4.78, 5) is 12.5. The number of hydrogen-bond acceptors (Lipinski definition) is 5. The number of ketones is 1. The summed E-state index contributed by atoms with van der Waals surface area (Å²) in [5.41, 5.74) is 0.477. The molecule has 0 amide bonds. The molecule has 1 unspecified atom stereocenters. The standard InChI is InChI=1S/C14H19NO4/c1-17-9-7-11(18-2)13(12(8-9)19-3)14(16)10-5-4-6-15-10/h7-8,10,15H,4-6H2,1-3H3. The average Bonchev–Trinajstić information content (AvgIpc) is 2.99. The van der Waals surface area contributed by atoms with Gasteiger partial charge in [0.25, 0.3) is 0 Å². The Morgan fingerprint density at radius 2 is 1.79 bits per heavy atom. The molecular weight excluding hydrogens is 246 g/mol. The van der Waals surface area contributed by atoms with E-state index in [0.29, 0.717) is 22.8 Å². The molecule has 0 spiro atoms. The van der Waals surface area contributed by atoms with Gasteiger partial charge in [0.1, 0.15) is 22.8 Å². The van der Waals surface area contributed by atoms with E-state index in [-0.39, 0.29) is 11.8 Å². The van der Waals surface area contributed by atoms with Crippen LogP contribution in [0.25, 0.3) is 0 Å². The molecule has 19 heavy (non-hydrogen) atoms. The molecule has 1 aliphatic heterocycles. The van der Waals surface area contributed by atoms with Crippen molar-refractivity contribution in [1.29, 1.82) is 0 Å². The molecule has 1 heterocycles. The minimum Gasteiger partial charge on any atom is -0.496 e. The lowest BCUT2D eigenvalue weighted by atomic mass is 10.0. The van der Waals surface area contributed by atoms with Gasteiger partial charge in [-0.2, -0.15) is 0 Å². The number of carbonyl (C=O) groups is 1. The Bertz CT molecular complexity index is 442. The van der Waals surface area contributed by atoms with Gasteiger partial charge in [0.15, 0.2) is 5.78 Å². The third kappa shape index (κ3) is 2.66. The Labute approximate surface area is 112 Å². The van der Waals surface area contributed by atoms with Crippen LogP contribution in [0, 0.1) is 0 Å². The van der Waals surface area contributed by atoms with Gasteiger partial charge >= 0.3 is 0 Å². The maximum Gasteiger partial charge on any atom is 0.187 e. The highest BCUT2D eigenvalue weighted by Crippen LogP contribution is 2.35. The smallest absolute Gasteiger partial charge is 0.187 e. The van der Waals surface area contributed by atoms with Gasteiger partial charge in [0.2, 0.25) is 0 Å². The van der Waals surface area contributed by atoms with E-state index >= 15 is 0 Å². The lowest BCUT2D eigenvalue weighted by Crippen LogP contribution is -2.31. The first-order chi connectivity index (χ1) is 9.21. The highest BCUT2D eigenvalue weighted by molar-refractivity contribution is 6.05. The zero-order valence-corrected chi connectivity index (χ0v) is 11.5. The summed E-state index contributed by atoms with van der Waals surface area (Å²) in [7, 11) is 4.63. The molecule has 5 nitrogen and oxygen atoms in total. The van der Waals surface area contributed by atoms with Gasteiger partial charge in [-0.25, -0.2) is 0 Å². The second-order valence-corrected chi connectivity index (χ2v) is 4.42. The molecule has 1 atom stereocenters. The molecule has 0 aliphatic carbocycles. The summed E-state index contributed by atoms with van der Waals surface area (Å²) in [6.45, 7) is 0.872. The molecular formula is C14H19NO4. The van der Waals surface area contributed by atoms with Crippen molar-refractivity contribution < 1.29 is 19.0 Å². The van der Waals surface area contributed by atoms with Crippen LogP contribution >= 0.6 is 0 Å². The van der Waals surface area contributed by atoms with Crippen LogP contribution < -0.4 is 19.5 Å². The summed E-state index contributed by atoms with van der Waals surface area (Å²) in [6.07, 6.45) is 1.86. The van der Waals surface area contributed by atoms with E-state index in [1.54, 1.807) is 19.2 Å². The molecule has 1 N–H and O–H groups in total. The number of ether oxygens (including phenoxy) is 3. The van der Waals surface area contributed by atoms with Crippen LogP contribution in [-0.2, 0) is 0 Å². The Balaban J connectivity index is 2.44. The largest absolute Gasteiger partial charge is 0.496 e. The van der Waals surface area contributed by atoms with Gasteiger partial charge in [-0.3, -0.25) is 4.79 Å². The molecule has 0 saturated carbocycles. The Kier molecular flexibility index (Phi) is 4.27. The number of methoxy groups -OCH3 is 3. The van der Waals surface area contributed by atoms with E-state index < -0.39 is 0 Å². The molecule has 5 heteroatoms. The number of benzene rings is 1. The molecule has 1 aliphatic rings. The van der Waals surface area contributed by atoms with Crippen molar-refractivity contribution in [3.05, 3.63) is 17.7 Å². The van der Waals surface area contributed by atoms with Crippen molar-refractivity contribution in [2.75, 3.05) is 27.9 Å². The molecule has 1 fully saturated rings. The summed E-state index contributed by atoms with van der Waals surface area (Å²) >= 11 is 0. The summed E-state index contributed by atoms with van der Waals surface area (Å²) in [5.74, 6) is 1.57. The first kappa shape index (κ1) is 13.7. The second kappa shape index (κ2) is 5.93. The molecule has 1 aromatic carbocycles. The van der Waals surface area contributed by atoms with E-state index in [1.165, 1.54) is 14.2 Å². The third-order valence-corrected chi connectivity index (χ3v) is 3.34. The first-order valence-electron chi connectivity index (χ1n) is 6.29. The average molecular weight is 265 g/mol. The van der Waals surface area contributed by atoms with Crippen LogP contribution in [0.15, 0.2) is 12.1 Å². The maximum atomic E-state index is 12.5. The quantitative estimate of drug-likeness (QED) is 0.820. The molecule has 0 bridgehead atoms. The van der Waals surface area contributed by atoms with Crippen LogP contribution in [0.4, 0.5) is 0 Å². The normalized spacial score (nSPS) is 18.2. The first-order valence-corrected chi connectivity index (χ1v) is 6.29. The van der Waals surface area contributed by atoms with E-state index in [2.05, 4.69) is 5.32 Å². The summed E-state index contributed by atoms with van der Waals surface area (Å²) in [5, 5.41) is 3.19. The SMILES string of the molecule is COc1cc(OC)c(C(=O)C2CCCN2)c(OC)c1. The molecule has 0 radical (unpaired) electrons. The van der Waals surface area contributed by atoms with Crippen molar-refractivity contribution in [3.63, 3.8) is 0 Å². The zero-order chi connectivity index (χ0) is 13.8. The van der Waals surface area contributed by atoms with Gasteiger partial charge in [-0.05, 0) is 19.4 Å². The van der Waals surface area contributed by atoms with Crippen molar-refractivity contribution in [3.8, 4) is 17.2 Å². The van der Waals surface area contributed by atoms with Crippen LogP contribution in [0.3, 0.4) is 0 Å². The van der Waals surface area contributed by atoms with Gasteiger partial charge in [0.05, 0.1) is 27.4 Å². The Hall–Kier alpha value is -1.75. The monoisotopic (exact) mass is 265 g/mol. The summed E-state index contributed by atoms with van der Waals surface area (Å²) in [6, 6.07) is 3.24. The van der Waals surface area contributed by atoms with Crippen LogP contribution in [0.5, 0.6) is 17.2 Å². The minimum atomic E-state index is -0.156. The lowest BCUT2D eigenvalue weighted by Gasteiger charge is -2.16. The number of carbonyl (C=O) groups excluding carboxylic acids is 1. The van der Waals surface area contributed by atoms with Gasteiger partial charge in [0, 0.05) is 12.1 Å². The van der Waals surface area contributed by atoms with E-state index in [0.717, 1.165) is 19.4 Å². The number of nitrogens with one attached hydrogen (secondary N) is 1. The predicted octanol–water partition coefficient (Wildman–Crippen LogP) is 1.65. The lowest BCUT2D eigenvalue weighted by molar-refractivity contribution is 0.0946. The van der Waals surface area contributed by atoms with E-state index in [1.807, 2.05) is 0 Å². The van der Waals surface area contributed by atoms with E-state index in [9.17, 15) is 4.79 Å². The third-order valence-electron chi connectivity index (χ3n) is 3.34. The van der Waals surface area contributed by atoms with Crippen molar-refractivity contribution >= 4 is 5.78 Å². The molecule has 0 aromatic heterocycles. The van der Waals surface area contributed by atoms with Gasteiger partial charge < -0.3 is 19.5 Å². The van der Waals surface area contributed by atoms with Crippen molar-refractivity contribution in [2.24, 2.45) is 0 Å². The molecule has 104 valence electrons. The fraction of sp³-hybridized carbons (Fsp3) is 0.500. The van der Waals surface area contributed by atoms with Gasteiger partial charge in [-0.1, -0.05) is 0 Å². The minimum absolute atomic E-state index is 0.00820. The zero-order valence-electron chi connectivity index (χ0n) is 11.5. The molecule has 1 saturated heterocycles. The second-order valence-electron chi connectivity index (χ2n) is 4.42. The molecule has 2 rings (SSSR count). The van der Waals surface area contributed by atoms with E-state index in [4.69, 9.17) is 14.2 Å². The summed E-state index contributed by atoms with van der Waals surface area (Å²) < 4.78 is 15.8.